The van der Waals surface area contributed by atoms with Gasteiger partial charge in [-0.2, -0.15) is 0 Å². The molecule has 0 bridgehead atoms. The monoisotopic (exact) mass is 265 g/mol. The third-order valence-corrected chi connectivity index (χ3v) is 3.08. The van der Waals surface area contributed by atoms with Gasteiger partial charge >= 0.3 is 5.97 Å². The molecule has 0 fully saturated rings. The lowest BCUT2D eigenvalue weighted by Gasteiger charge is -2.36. The van der Waals surface area contributed by atoms with Gasteiger partial charge in [-0.15, -0.1) is 0 Å². The lowest BCUT2D eigenvalue weighted by Crippen LogP contribution is -2.52. The van der Waals surface area contributed by atoms with E-state index in [0.717, 1.165) is 0 Å². The molecule has 1 aliphatic heterocycles. The van der Waals surface area contributed by atoms with Crippen LogP contribution in [0.25, 0.3) is 0 Å². The molecule has 2 atom stereocenters. The third-order valence-electron chi connectivity index (χ3n) is 3.08. The van der Waals surface area contributed by atoms with Crippen LogP contribution in [0.15, 0.2) is 18.2 Å². The maximum atomic E-state index is 12.2. The van der Waals surface area contributed by atoms with Crippen LogP contribution in [-0.4, -0.2) is 34.2 Å². The molecule has 0 saturated heterocycles. The Balaban J connectivity index is 2.53. The van der Waals surface area contributed by atoms with E-state index in [1.807, 2.05) is 0 Å². The van der Waals surface area contributed by atoms with Gasteiger partial charge in [0.25, 0.3) is 5.91 Å². The van der Waals surface area contributed by atoms with Gasteiger partial charge in [-0.1, -0.05) is 6.92 Å². The van der Waals surface area contributed by atoms with Crippen molar-refractivity contribution in [3.8, 4) is 11.5 Å². The first kappa shape index (κ1) is 13.2. The standard InChI is InChI=1S/C13H15NO5/c1-3-9(13(17)18)14-10-5-4-8(15)6-11(10)19-7(2)12(14)16/h4-7,9,15H,3H2,1-2H3,(H,17,18). The van der Waals surface area contributed by atoms with Crippen LogP contribution in [0.4, 0.5) is 5.69 Å². The largest absolute Gasteiger partial charge is 0.508 e. The molecule has 0 aliphatic carbocycles. The van der Waals surface area contributed by atoms with Crippen LogP contribution in [0.2, 0.25) is 0 Å². The van der Waals surface area contributed by atoms with E-state index in [9.17, 15) is 19.8 Å². The van der Waals surface area contributed by atoms with Gasteiger partial charge in [0.1, 0.15) is 17.5 Å². The quantitative estimate of drug-likeness (QED) is 0.861. The molecule has 102 valence electrons. The molecule has 0 spiro atoms. The number of phenols is 1. The minimum absolute atomic E-state index is 0.00335. The first-order chi connectivity index (χ1) is 8.95. The van der Waals surface area contributed by atoms with Gasteiger partial charge < -0.3 is 14.9 Å². The number of hydrogen-bond acceptors (Lipinski definition) is 4. The molecule has 0 saturated carbocycles. The van der Waals surface area contributed by atoms with E-state index in [0.29, 0.717) is 11.4 Å². The van der Waals surface area contributed by atoms with Crippen LogP contribution < -0.4 is 9.64 Å². The number of aromatic hydroxyl groups is 1. The molecule has 2 rings (SSSR count). The predicted octanol–water partition coefficient (Wildman–Crippen LogP) is 1.37. The molecule has 2 N–H and O–H groups in total. The summed E-state index contributed by atoms with van der Waals surface area (Å²) in [6, 6.07) is 3.31. The van der Waals surface area contributed by atoms with Crippen LogP contribution in [0.5, 0.6) is 11.5 Å². The van der Waals surface area contributed by atoms with E-state index in [1.54, 1.807) is 13.8 Å². The van der Waals surface area contributed by atoms with Gasteiger partial charge in [0.2, 0.25) is 0 Å². The Bertz CT molecular complexity index is 528. The number of carbonyl (C=O) groups is 2. The maximum absolute atomic E-state index is 12.2. The number of aliphatic carboxylic acids is 1. The van der Waals surface area contributed by atoms with Crippen LogP contribution in [0, 0.1) is 0 Å². The van der Waals surface area contributed by atoms with E-state index >= 15 is 0 Å². The lowest BCUT2D eigenvalue weighted by molar-refractivity contribution is -0.141. The van der Waals surface area contributed by atoms with Crippen molar-refractivity contribution in [1.29, 1.82) is 0 Å². The molecule has 0 aromatic heterocycles. The summed E-state index contributed by atoms with van der Waals surface area (Å²) in [5, 5.41) is 18.7. The highest BCUT2D eigenvalue weighted by Gasteiger charge is 2.38. The van der Waals surface area contributed by atoms with Crippen molar-refractivity contribution < 1.29 is 24.5 Å². The minimum atomic E-state index is -1.07. The average Bonchev–Trinajstić information content (AvgIpc) is 2.34. The smallest absolute Gasteiger partial charge is 0.326 e. The van der Waals surface area contributed by atoms with Crippen molar-refractivity contribution in [3.63, 3.8) is 0 Å². The number of benzene rings is 1. The van der Waals surface area contributed by atoms with Crippen LogP contribution in [0.1, 0.15) is 20.3 Å². The van der Waals surface area contributed by atoms with Crippen molar-refractivity contribution in [2.24, 2.45) is 0 Å². The molecule has 19 heavy (non-hydrogen) atoms. The molecular weight excluding hydrogens is 250 g/mol. The third kappa shape index (κ3) is 2.21. The molecular formula is C13H15NO5. The molecule has 2 unspecified atom stereocenters. The summed E-state index contributed by atoms with van der Waals surface area (Å²) in [7, 11) is 0. The molecule has 1 aromatic rings. The van der Waals surface area contributed by atoms with E-state index in [1.165, 1.54) is 23.1 Å². The molecule has 6 heteroatoms. The first-order valence-electron chi connectivity index (χ1n) is 6.01. The van der Waals surface area contributed by atoms with Gasteiger partial charge in [-0.25, -0.2) is 4.79 Å². The second-order valence-corrected chi connectivity index (χ2v) is 4.38. The zero-order chi connectivity index (χ0) is 14.2. The molecule has 1 amide bonds. The van der Waals surface area contributed by atoms with Crippen molar-refractivity contribution in [1.82, 2.24) is 0 Å². The van der Waals surface area contributed by atoms with Gasteiger partial charge in [0, 0.05) is 6.07 Å². The molecule has 6 nitrogen and oxygen atoms in total. The Hall–Kier alpha value is -2.24. The lowest BCUT2D eigenvalue weighted by atomic mass is 10.1. The fourth-order valence-corrected chi connectivity index (χ4v) is 2.14. The average molecular weight is 265 g/mol. The molecule has 1 aliphatic rings. The van der Waals surface area contributed by atoms with Gasteiger partial charge in [-0.05, 0) is 25.5 Å². The van der Waals surface area contributed by atoms with Crippen molar-refractivity contribution in [2.45, 2.75) is 32.4 Å². The van der Waals surface area contributed by atoms with Crippen LogP contribution >= 0.6 is 0 Å². The summed E-state index contributed by atoms with van der Waals surface area (Å²) in [5.74, 6) is -1.15. The van der Waals surface area contributed by atoms with E-state index in [2.05, 4.69) is 0 Å². The number of phenolic OH excluding ortho intramolecular Hbond substituents is 1. The van der Waals surface area contributed by atoms with E-state index in [4.69, 9.17) is 4.74 Å². The van der Waals surface area contributed by atoms with E-state index < -0.39 is 24.0 Å². The number of amides is 1. The maximum Gasteiger partial charge on any atom is 0.326 e. The number of anilines is 1. The zero-order valence-electron chi connectivity index (χ0n) is 10.7. The summed E-state index contributed by atoms with van der Waals surface area (Å²) in [5.41, 5.74) is 0.371. The van der Waals surface area contributed by atoms with Crippen molar-refractivity contribution in [3.05, 3.63) is 18.2 Å². The number of fused-ring (bicyclic) bond motifs is 1. The summed E-state index contributed by atoms with van der Waals surface area (Å²) < 4.78 is 5.39. The summed E-state index contributed by atoms with van der Waals surface area (Å²) in [6.45, 7) is 3.25. The highest BCUT2D eigenvalue weighted by atomic mass is 16.5. The zero-order valence-corrected chi connectivity index (χ0v) is 10.7. The number of carboxylic acid groups (broad SMARTS) is 1. The Labute approximate surface area is 110 Å². The first-order valence-corrected chi connectivity index (χ1v) is 6.01. The number of rotatable bonds is 3. The SMILES string of the molecule is CCC(C(=O)O)N1C(=O)C(C)Oc2cc(O)ccc21. The van der Waals surface area contributed by atoms with Crippen LogP contribution in [-0.2, 0) is 9.59 Å². The predicted molar refractivity (Wildman–Crippen MR) is 67.4 cm³/mol. The van der Waals surface area contributed by atoms with Gasteiger partial charge in [-0.3, -0.25) is 9.69 Å². The molecule has 1 heterocycles. The Morgan fingerprint density at radius 1 is 1.53 bits per heavy atom. The molecule has 1 aromatic carbocycles. The second kappa shape index (κ2) is 4.79. The Kier molecular flexibility index (Phi) is 3.33. The fraction of sp³-hybridized carbons (Fsp3) is 0.385. The minimum Gasteiger partial charge on any atom is -0.508 e. The Morgan fingerprint density at radius 2 is 2.21 bits per heavy atom. The summed E-state index contributed by atoms with van der Waals surface area (Å²) in [4.78, 5) is 24.7. The number of ether oxygens (including phenoxy) is 1. The van der Waals surface area contributed by atoms with Crippen molar-refractivity contribution >= 4 is 17.6 Å². The highest BCUT2D eigenvalue weighted by molar-refractivity contribution is 6.04. The fourth-order valence-electron chi connectivity index (χ4n) is 2.14. The van der Waals surface area contributed by atoms with E-state index in [-0.39, 0.29) is 12.2 Å². The van der Waals surface area contributed by atoms with Crippen molar-refractivity contribution in [2.75, 3.05) is 4.90 Å². The second-order valence-electron chi connectivity index (χ2n) is 4.38. The number of hydrogen-bond donors (Lipinski definition) is 2. The molecule has 0 radical (unpaired) electrons. The Morgan fingerprint density at radius 3 is 2.79 bits per heavy atom. The van der Waals surface area contributed by atoms with Crippen LogP contribution in [0.3, 0.4) is 0 Å². The summed E-state index contributed by atoms with van der Waals surface area (Å²) >= 11 is 0. The van der Waals surface area contributed by atoms with Gasteiger partial charge in [0.15, 0.2) is 6.10 Å². The highest BCUT2D eigenvalue weighted by Crippen LogP contribution is 2.38. The number of carboxylic acids is 1. The topological polar surface area (TPSA) is 87.1 Å². The normalized spacial score (nSPS) is 19.6. The summed E-state index contributed by atoms with van der Waals surface area (Å²) in [6.07, 6.45) is -0.489. The number of carbonyl (C=O) groups excluding carboxylic acids is 1. The number of nitrogens with zero attached hydrogens (tertiary/aromatic N) is 1. The van der Waals surface area contributed by atoms with Gasteiger partial charge in [0.05, 0.1) is 5.69 Å².